The number of rotatable bonds is 4. The molecule has 0 bridgehead atoms. The van der Waals surface area contributed by atoms with Crippen molar-refractivity contribution in [2.75, 3.05) is 7.05 Å². The van der Waals surface area contributed by atoms with E-state index in [0.29, 0.717) is 12.0 Å². The van der Waals surface area contributed by atoms with Crippen molar-refractivity contribution >= 4 is 0 Å². The summed E-state index contributed by atoms with van der Waals surface area (Å²) in [6, 6.07) is 9.79. The molecule has 1 unspecified atom stereocenters. The molecule has 1 N–H and O–H groups in total. The maximum atomic E-state index is 3.55. The second kappa shape index (κ2) is 6.56. The maximum absolute atomic E-state index is 3.55. The third-order valence-corrected chi connectivity index (χ3v) is 4.81. The van der Waals surface area contributed by atoms with Crippen LogP contribution in [0.3, 0.4) is 0 Å². The fraction of sp³-hybridized carbons (Fsp3) is 0.667. The highest BCUT2D eigenvalue weighted by atomic mass is 14.9. The van der Waals surface area contributed by atoms with E-state index in [2.05, 4.69) is 57.4 Å². The second-order valence-electron chi connectivity index (χ2n) is 6.61. The Balaban J connectivity index is 2.08. The molecule has 1 saturated carbocycles. The minimum absolute atomic E-state index is 0.536. The highest BCUT2D eigenvalue weighted by molar-refractivity contribution is 5.27. The van der Waals surface area contributed by atoms with E-state index >= 15 is 0 Å². The average molecular weight is 259 g/mol. The van der Waals surface area contributed by atoms with Gasteiger partial charge in [-0.1, -0.05) is 57.9 Å². The molecule has 1 aliphatic rings. The molecule has 106 valence electrons. The molecule has 0 heterocycles. The molecule has 1 fully saturated rings. The molecule has 0 radical (unpaired) electrons. The molecule has 1 heteroatoms. The predicted molar refractivity (Wildman–Crippen MR) is 83.5 cm³/mol. The fourth-order valence-electron chi connectivity index (χ4n) is 3.38. The van der Waals surface area contributed by atoms with E-state index in [1.54, 1.807) is 0 Å². The van der Waals surface area contributed by atoms with Crippen molar-refractivity contribution in [1.82, 2.24) is 5.32 Å². The van der Waals surface area contributed by atoms with E-state index in [1.807, 2.05) is 0 Å². The van der Waals surface area contributed by atoms with Gasteiger partial charge in [0.1, 0.15) is 0 Å². The lowest BCUT2D eigenvalue weighted by Gasteiger charge is -2.33. The van der Waals surface area contributed by atoms with Gasteiger partial charge in [0, 0.05) is 6.04 Å². The van der Waals surface area contributed by atoms with Crippen LogP contribution in [0.1, 0.15) is 69.5 Å². The lowest BCUT2D eigenvalue weighted by Crippen LogP contribution is -2.28. The van der Waals surface area contributed by atoms with Crippen LogP contribution in [0.5, 0.6) is 0 Å². The summed E-state index contributed by atoms with van der Waals surface area (Å²) in [5.41, 5.74) is 2.90. The van der Waals surface area contributed by atoms with Crippen LogP contribution in [0.25, 0.3) is 0 Å². The van der Waals surface area contributed by atoms with Gasteiger partial charge in [-0.25, -0.2) is 0 Å². The van der Waals surface area contributed by atoms with Crippen LogP contribution in [-0.4, -0.2) is 7.05 Å². The summed E-state index contributed by atoms with van der Waals surface area (Å²) in [6.07, 6.45) is 5.54. The Bertz CT molecular complexity index is 371. The van der Waals surface area contributed by atoms with Crippen molar-refractivity contribution in [2.24, 2.45) is 11.8 Å². The normalized spacial score (nSPS) is 25.5. The minimum Gasteiger partial charge on any atom is -0.313 e. The molecule has 0 aliphatic heterocycles. The molecule has 0 amide bonds. The smallest absolute Gasteiger partial charge is 0.0346 e. The van der Waals surface area contributed by atoms with Crippen molar-refractivity contribution in [3.05, 3.63) is 35.4 Å². The number of hydrogen-bond donors (Lipinski definition) is 1. The Labute approximate surface area is 118 Å². The minimum atomic E-state index is 0.536. The summed E-state index contributed by atoms with van der Waals surface area (Å²) in [7, 11) is 2.11. The van der Waals surface area contributed by atoms with Crippen molar-refractivity contribution in [3.63, 3.8) is 0 Å². The van der Waals surface area contributed by atoms with Crippen LogP contribution in [0.15, 0.2) is 24.3 Å². The fourth-order valence-corrected chi connectivity index (χ4v) is 3.38. The van der Waals surface area contributed by atoms with E-state index in [0.717, 1.165) is 11.8 Å². The van der Waals surface area contributed by atoms with E-state index < -0.39 is 0 Å². The zero-order chi connectivity index (χ0) is 13.8. The van der Waals surface area contributed by atoms with Crippen molar-refractivity contribution in [1.29, 1.82) is 0 Å². The summed E-state index contributed by atoms with van der Waals surface area (Å²) in [4.78, 5) is 0. The average Bonchev–Trinajstić information content (AvgIpc) is 2.42. The molecule has 2 rings (SSSR count). The summed E-state index contributed by atoms with van der Waals surface area (Å²) in [5.74, 6) is 2.36. The zero-order valence-corrected chi connectivity index (χ0v) is 12.9. The molecule has 0 saturated heterocycles. The molecular weight excluding hydrogens is 230 g/mol. The number of nitrogens with one attached hydrogen (secondary N) is 1. The third kappa shape index (κ3) is 3.60. The summed E-state index contributed by atoms with van der Waals surface area (Å²) in [5, 5.41) is 3.55. The van der Waals surface area contributed by atoms with Gasteiger partial charge in [0.2, 0.25) is 0 Å². The van der Waals surface area contributed by atoms with Crippen molar-refractivity contribution in [3.8, 4) is 0 Å². The Kier molecular flexibility index (Phi) is 5.04. The SMILES string of the molecule is CNC(c1ccc(C(C)C)cc1)C1CCC(C)CC1. The molecule has 19 heavy (non-hydrogen) atoms. The van der Waals surface area contributed by atoms with Crippen LogP contribution in [0.2, 0.25) is 0 Å². The number of benzene rings is 1. The Morgan fingerprint density at radius 2 is 1.47 bits per heavy atom. The van der Waals surface area contributed by atoms with Gasteiger partial charge in [0.15, 0.2) is 0 Å². The first-order valence-corrected chi connectivity index (χ1v) is 7.89. The summed E-state index contributed by atoms with van der Waals surface area (Å²) in [6.45, 7) is 6.90. The van der Waals surface area contributed by atoms with Gasteiger partial charge in [-0.05, 0) is 48.8 Å². The van der Waals surface area contributed by atoms with Crippen LogP contribution >= 0.6 is 0 Å². The van der Waals surface area contributed by atoms with Gasteiger partial charge in [0.25, 0.3) is 0 Å². The van der Waals surface area contributed by atoms with Gasteiger partial charge in [-0.15, -0.1) is 0 Å². The van der Waals surface area contributed by atoms with Gasteiger partial charge < -0.3 is 5.32 Å². The van der Waals surface area contributed by atoms with Gasteiger partial charge in [-0.2, -0.15) is 0 Å². The molecule has 0 aromatic heterocycles. The number of hydrogen-bond acceptors (Lipinski definition) is 1. The van der Waals surface area contributed by atoms with E-state index in [9.17, 15) is 0 Å². The highest BCUT2D eigenvalue weighted by Crippen LogP contribution is 2.36. The topological polar surface area (TPSA) is 12.0 Å². The largest absolute Gasteiger partial charge is 0.313 e. The van der Waals surface area contributed by atoms with Crippen LogP contribution in [-0.2, 0) is 0 Å². The molecule has 1 nitrogen and oxygen atoms in total. The summed E-state index contributed by atoms with van der Waals surface area (Å²) >= 11 is 0. The molecule has 1 aliphatic carbocycles. The van der Waals surface area contributed by atoms with Gasteiger partial charge in [-0.3, -0.25) is 0 Å². The predicted octanol–water partition coefficient (Wildman–Crippen LogP) is 4.90. The van der Waals surface area contributed by atoms with Crippen LogP contribution in [0.4, 0.5) is 0 Å². The molecular formula is C18H29N. The first kappa shape index (κ1) is 14.6. The Hall–Kier alpha value is -0.820. The molecule has 1 aromatic carbocycles. The van der Waals surface area contributed by atoms with E-state index in [-0.39, 0.29) is 0 Å². The van der Waals surface area contributed by atoms with Crippen molar-refractivity contribution < 1.29 is 0 Å². The van der Waals surface area contributed by atoms with E-state index in [4.69, 9.17) is 0 Å². The highest BCUT2D eigenvalue weighted by Gasteiger charge is 2.26. The Morgan fingerprint density at radius 1 is 0.947 bits per heavy atom. The molecule has 1 aromatic rings. The van der Waals surface area contributed by atoms with E-state index in [1.165, 1.54) is 36.8 Å². The van der Waals surface area contributed by atoms with Gasteiger partial charge in [0.05, 0.1) is 0 Å². The maximum Gasteiger partial charge on any atom is 0.0346 e. The van der Waals surface area contributed by atoms with Gasteiger partial charge >= 0.3 is 0 Å². The van der Waals surface area contributed by atoms with Crippen molar-refractivity contribution in [2.45, 2.75) is 58.4 Å². The van der Waals surface area contributed by atoms with Crippen LogP contribution in [0, 0.1) is 11.8 Å². The lowest BCUT2D eigenvalue weighted by molar-refractivity contribution is 0.238. The molecule has 0 spiro atoms. The summed E-state index contributed by atoms with van der Waals surface area (Å²) < 4.78 is 0. The second-order valence-corrected chi connectivity index (χ2v) is 6.61. The first-order chi connectivity index (χ1) is 9.11. The zero-order valence-electron chi connectivity index (χ0n) is 12.9. The third-order valence-electron chi connectivity index (χ3n) is 4.81. The molecule has 1 atom stereocenters. The Morgan fingerprint density at radius 3 is 1.95 bits per heavy atom. The quantitative estimate of drug-likeness (QED) is 0.811. The van der Waals surface area contributed by atoms with Crippen LogP contribution < -0.4 is 5.32 Å². The lowest BCUT2D eigenvalue weighted by atomic mass is 9.77. The standard InChI is InChI=1S/C18H29N/c1-13(2)15-9-11-17(12-10-15)18(19-4)16-7-5-14(3)6-8-16/h9-14,16,18-19H,5-8H2,1-4H3. The first-order valence-electron chi connectivity index (χ1n) is 7.89. The monoisotopic (exact) mass is 259 g/mol.